The molecule has 0 aliphatic rings. The van der Waals surface area contributed by atoms with E-state index in [0.29, 0.717) is 13.1 Å². The molecule has 1 aromatic rings. The lowest BCUT2D eigenvalue weighted by Gasteiger charge is -2.23. The zero-order valence-electron chi connectivity index (χ0n) is 12.9. The van der Waals surface area contributed by atoms with Crippen molar-refractivity contribution in [2.45, 2.75) is 31.7 Å². The van der Waals surface area contributed by atoms with Crippen molar-refractivity contribution in [1.29, 1.82) is 0 Å². The average Bonchev–Trinajstić information content (AvgIpc) is 2.48. The molecule has 0 aliphatic heterocycles. The maximum atomic E-state index is 12.0. The maximum absolute atomic E-state index is 12.0. The lowest BCUT2D eigenvalue weighted by Crippen LogP contribution is -2.40. The highest BCUT2D eigenvalue weighted by atomic mass is 32.2. The maximum Gasteiger partial charge on any atom is 0.317 e. The molecule has 0 aliphatic carbocycles. The number of amides is 2. The van der Waals surface area contributed by atoms with Gasteiger partial charge in [-0.1, -0.05) is 12.1 Å². The number of nitrogens with zero attached hydrogens (tertiary/aromatic N) is 1. The quantitative estimate of drug-likeness (QED) is 0.839. The highest BCUT2D eigenvalue weighted by molar-refractivity contribution is 7.89. The molecule has 1 rings (SSSR count). The van der Waals surface area contributed by atoms with Gasteiger partial charge in [-0.3, -0.25) is 0 Å². The molecule has 0 aromatic heterocycles. The van der Waals surface area contributed by atoms with Gasteiger partial charge in [0.15, 0.2) is 0 Å². The van der Waals surface area contributed by atoms with E-state index in [9.17, 15) is 13.2 Å². The largest absolute Gasteiger partial charge is 0.331 e. The number of carbonyl (C=O) groups is 1. The normalized spacial score (nSPS) is 12.8. The van der Waals surface area contributed by atoms with Crippen LogP contribution >= 0.6 is 0 Å². The first-order valence-corrected chi connectivity index (χ1v) is 8.43. The molecular weight excluding hydrogens is 290 g/mol. The van der Waals surface area contributed by atoms with Crippen molar-refractivity contribution >= 4 is 16.1 Å². The van der Waals surface area contributed by atoms with Gasteiger partial charge in [-0.05, 0) is 45.5 Å². The van der Waals surface area contributed by atoms with Gasteiger partial charge < -0.3 is 10.2 Å². The molecule has 0 radical (unpaired) electrons. The fraction of sp³-hybridized carbons (Fsp3) is 0.500. The fourth-order valence-corrected chi connectivity index (χ4v) is 2.72. The Hall–Kier alpha value is -1.60. The van der Waals surface area contributed by atoms with Crippen LogP contribution in [-0.4, -0.2) is 39.5 Å². The highest BCUT2D eigenvalue weighted by Gasteiger charge is 2.16. The Morgan fingerprint density at radius 3 is 2.43 bits per heavy atom. The summed E-state index contributed by atoms with van der Waals surface area (Å²) in [5, 5.41) is 2.87. The molecule has 0 spiro atoms. The van der Waals surface area contributed by atoms with Crippen LogP contribution in [0.4, 0.5) is 4.79 Å². The monoisotopic (exact) mass is 313 g/mol. The van der Waals surface area contributed by atoms with Gasteiger partial charge in [0.1, 0.15) is 0 Å². The summed E-state index contributed by atoms with van der Waals surface area (Å²) in [6, 6.07) is 6.12. The van der Waals surface area contributed by atoms with Gasteiger partial charge in [0.25, 0.3) is 0 Å². The van der Waals surface area contributed by atoms with Crippen molar-refractivity contribution in [3.05, 3.63) is 29.8 Å². The van der Waals surface area contributed by atoms with Crippen LogP contribution in [0, 0.1) is 0 Å². The molecule has 0 unspecified atom stereocenters. The molecule has 0 bridgehead atoms. The second kappa shape index (κ2) is 7.42. The standard InChI is InChI=1S/C14H23N3O3S/c1-5-17(6-2)14(18)16-11(3)12-8-7-9-13(10-12)21(19,20)15-4/h7-11,15H,5-6H2,1-4H3,(H,16,18)/t11-/m0/s1. The Balaban J connectivity index is 2.91. The first-order chi connectivity index (χ1) is 9.85. The van der Waals surface area contributed by atoms with E-state index >= 15 is 0 Å². The minimum absolute atomic E-state index is 0.158. The summed E-state index contributed by atoms with van der Waals surface area (Å²) in [5.41, 5.74) is 0.742. The number of hydrogen-bond acceptors (Lipinski definition) is 3. The number of carbonyl (C=O) groups excluding carboxylic acids is 1. The van der Waals surface area contributed by atoms with E-state index in [2.05, 4.69) is 10.0 Å². The molecular formula is C14H23N3O3S. The number of rotatable bonds is 6. The van der Waals surface area contributed by atoms with Crippen LogP contribution < -0.4 is 10.0 Å². The molecule has 21 heavy (non-hydrogen) atoms. The summed E-state index contributed by atoms with van der Waals surface area (Å²) in [7, 11) is -2.11. The molecule has 0 heterocycles. The van der Waals surface area contributed by atoms with Gasteiger partial charge in [0.2, 0.25) is 10.0 Å². The van der Waals surface area contributed by atoms with Gasteiger partial charge in [0.05, 0.1) is 10.9 Å². The van der Waals surface area contributed by atoms with Crippen molar-refractivity contribution < 1.29 is 13.2 Å². The molecule has 0 fully saturated rings. The van der Waals surface area contributed by atoms with Crippen LogP contribution in [-0.2, 0) is 10.0 Å². The second-order valence-electron chi connectivity index (χ2n) is 4.62. The zero-order chi connectivity index (χ0) is 16.0. The minimum atomic E-state index is -3.48. The first kappa shape index (κ1) is 17.5. The van der Waals surface area contributed by atoms with E-state index < -0.39 is 10.0 Å². The van der Waals surface area contributed by atoms with Gasteiger partial charge >= 0.3 is 6.03 Å². The molecule has 1 aromatic carbocycles. The Morgan fingerprint density at radius 1 is 1.29 bits per heavy atom. The van der Waals surface area contributed by atoms with Crippen molar-refractivity contribution in [3.63, 3.8) is 0 Å². The summed E-state index contributed by atoms with van der Waals surface area (Å²) >= 11 is 0. The molecule has 2 amide bonds. The van der Waals surface area contributed by atoms with Crippen LogP contribution in [0.15, 0.2) is 29.2 Å². The Kier molecular flexibility index (Phi) is 6.17. The lowest BCUT2D eigenvalue weighted by molar-refractivity contribution is 0.200. The number of sulfonamides is 1. The predicted molar refractivity (Wildman–Crippen MR) is 82.6 cm³/mol. The third-order valence-corrected chi connectivity index (χ3v) is 4.74. The molecule has 2 N–H and O–H groups in total. The molecule has 6 nitrogen and oxygen atoms in total. The molecule has 118 valence electrons. The third kappa shape index (κ3) is 4.44. The highest BCUT2D eigenvalue weighted by Crippen LogP contribution is 2.17. The van der Waals surface area contributed by atoms with Gasteiger partial charge in [0, 0.05) is 13.1 Å². The van der Waals surface area contributed by atoms with Crippen molar-refractivity contribution in [2.75, 3.05) is 20.1 Å². The smallest absolute Gasteiger partial charge is 0.317 e. The van der Waals surface area contributed by atoms with E-state index in [-0.39, 0.29) is 17.0 Å². The summed E-state index contributed by atoms with van der Waals surface area (Å²) in [6.07, 6.45) is 0. The summed E-state index contributed by atoms with van der Waals surface area (Å²) < 4.78 is 25.9. The van der Waals surface area contributed by atoms with E-state index in [1.165, 1.54) is 13.1 Å². The van der Waals surface area contributed by atoms with E-state index in [1.54, 1.807) is 23.1 Å². The summed E-state index contributed by atoms with van der Waals surface area (Å²) in [6.45, 7) is 6.90. The lowest BCUT2D eigenvalue weighted by atomic mass is 10.1. The van der Waals surface area contributed by atoms with Crippen LogP contribution in [0.2, 0.25) is 0 Å². The molecule has 0 saturated carbocycles. The Bertz CT molecular complexity index is 583. The van der Waals surface area contributed by atoms with Gasteiger partial charge in [-0.15, -0.1) is 0 Å². The predicted octanol–water partition coefficient (Wildman–Crippen LogP) is 1.71. The zero-order valence-corrected chi connectivity index (χ0v) is 13.7. The van der Waals surface area contributed by atoms with Crippen molar-refractivity contribution in [1.82, 2.24) is 14.9 Å². The van der Waals surface area contributed by atoms with E-state index in [1.807, 2.05) is 20.8 Å². The third-order valence-electron chi connectivity index (χ3n) is 3.33. The number of hydrogen-bond donors (Lipinski definition) is 2. The van der Waals surface area contributed by atoms with Crippen LogP contribution in [0.1, 0.15) is 32.4 Å². The van der Waals surface area contributed by atoms with Gasteiger partial charge in [-0.2, -0.15) is 0 Å². The van der Waals surface area contributed by atoms with Crippen LogP contribution in [0.25, 0.3) is 0 Å². The average molecular weight is 313 g/mol. The fourth-order valence-electron chi connectivity index (χ4n) is 1.94. The summed E-state index contributed by atoms with van der Waals surface area (Å²) in [4.78, 5) is 13.9. The topological polar surface area (TPSA) is 78.5 Å². The summed E-state index contributed by atoms with van der Waals surface area (Å²) in [5.74, 6) is 0. The molecule has 0 saturated heterocycles. The van der Waals surface area contributed by atoms with Crippen molar-refractivity contribution in [2.24, 2.45) is 0 Å². The molecule has 7 heteroatoms. The second-order valence-corrected chi connectivity index (χ2v) is 6.51. The Morgan fingerprint density at radius 2 is 1.90 bits per heavy atom. The number of nitrogens with one attached hydrogen (secondary N) is 2. The number of urea groups is 1. The van der Waals surface area contributed by atoms with E-state index in [0.717, 1.165) is 5.56 Å². The van der Waals surface area contributed by atoms with Crippen LogP contribution in [0.3, 0.4) is 0 Å². The first-order valence-electron chi connectivity index (χ1n) is 6.94. The SMILES string of the molecule is CCN(CC)C(=O)N[C@@H](C)c1cccc(S(=O)(=O)NC)c1. The minimum Gasteiger partial charge on any atom is -0.331 e. The van der Waals surface area contributed by atoms with Crippen LogP contribution in [0.5, 0.6) is 0 Å². The Labute approximate surface area is 126 Å². The van der Waals surface area contributed by atoms with Crippen molar-refractivity contribution in [3.8, 4) is 0 Å². The van der Waals surface area contributed by atoms with Gasteiger partial charge in [-0.25, -0.2) is 17.9 Å². The number of benzene rings is 1. The van der Waals surface area contributed by atoms with E-state index in [4.69, 9.17) is 0 Å². The molecule has 1 atom stereocenters.